The Kier molecular flexibility index (Phi) is 3.70. The van der Waals surface area contributed by atoms with Gasteiger partial charge in [0.25, 0.3) is 0 Å². The Labute approximate surface area is 126 Å². The first-order valence-corrected chi connectivity index (χ1v) is 7.49. The van der Waals surface area contributed by atoms with Crippen LogP contribution in [0.15, 0.2) is 46.9 Å². The van der Waals surface area contributed by atoms with Crippen LogP contribution in [0, 0.1) is 5.82 Å². The number of carbonyl (C=O) groups excluding carboxylic acids is 1. The lowest BCUT2D eigenvalue weighted by molar-refractivity contribution is -0.119. The van der Waals surface area contributed by atoms with E-state index < -0.39 is 0 Å². The lowest BCUT2D eigenvalue weighted by atomic mass is 9.92. The van der Waals surface area contributed by atoms with E-state index in [-0.39, 0.29) is 17.5 Å². The smallest absolute Gasteiger partial charge is 0.144 e. The SMILES string of the molecule is O=C(Cc1ccc(F)cc1Br)C1CCc2ccccc21. The monoisotopic (exact) mass is 332 g/mol. The third-order valence-electron chi connectivity index (χ3n) is 3.90. The molecule has 1 atom stereocenters. The number of benzene rings is 2. The van der Waals surface area contributed by atoms with Crippen LogP contribution in [0.4, 0.5) is 4.39 Å². The number of hydrogen-bond acceptors (Lipinski definition) is 1. The molecule has 20 heavy (non-hydrogen) atoms. The minimum absolute atomic E-state index is 0.0110. The van der Waals surface area contributed by atoms with Crippen molar-refractivity contribution in [2.24, 2.45) is 0 Å². The summed E-state index contributed by atoms with van der Waals surface area (Å²) in [5, 5.41) is 0. The minimum Gasteiger partial charge on any atom is -0.299 e. The van der Waals surface area contributed by atoms with Crippen LogP contribution < -0.4 is 0 Å². The van der Waals surface area contributed by atoms with Crippen molar-refractivity contribution < 1.29 is 9.18 Å². The minimum atomic E-state index is -0.292. The van der Waals surface area contributed by atoms with Gasteiger partial charge in [-0.1, -0.05) is 46.3 Å². The van der Waals surface area contributed by atoms with Gasteiger partial charge in [0.15, 0.2) is 0 Å². The third kappa shape index (κ3) is 2.55. The second-order valence-corrected chi connectivity index (χ2v) is 6.02. The highest BCUT2D eigenvalue weighted by atomic mass is 79.9. The number of ketones is 1. The molecule has 3 rings (SSSR count). The van der Waals surface area contributed by atoms with E-state index in [9.17, 15) is 9.18 Å². The van der Waals surface area contributed by atoms with Crippen molar-refractivity contribution in [1.29, 1.82) is 0 Å². The first kappa shape index (κ1) is 13.5. The Hall–Kier alpha value is -1.48. The molecule has 0 fully saturated rings. The van der Waals surface area contributed by atoms with E-state index in [1.807, 2.05) is 18.2 Å². The van der Waals surface area contributed by atoms with Crippen LogP contribution in [-0.4, -0.2) is 5.78 Å². The summed E-state index contributed by atoms with van der Waals surface area (Å²) in [5.74, 6) is -0.0929. The summed E-state index contributed by atoms with van der Waals surface area (Å²) < 4.78 is 13.7. The number of fused-ring (bicyclic) bond motifs is 1. The maximum absolute atomic E-state index is 13.1. The van der Waals surface area contributed by atoms with E-state index >= 15 is 0 Å². The van der Waals surface area contributed by atoms with Crippen LogP contribution >= 0.6 is 15.9 Å². The lowest BCUT2D eigenvalue weighted by Crippen LogP contribution is -2.13. The molecule has 0 heterocycles. The highest BCUT2D eigenvalue weighted by Gasteiger charge is 2.28. The molecule has 0 saturated carbocycles. The van der Waals surface area contributed by atoms with Gasteiger partial charge in [-0.2, -0.15) is 0 Å². The van der Waals surface area contributed by atoms with Crippen molar-refractivity contribution in [3.05, 3.63) is 69.4 Å². The summed E-state index contributed by atoms with van der Waals surface area (Å²) in [4.78, 5) is 12.5. The number of carbonyl (C=O) groups is 1. The predicted molar refractivity (Wildman–Crippen MR) is 80.3 cm³/mol. The fourth-order valence-corrected chi connectivity index (χ4v) is 3.36. The lowest BCUT2D eigenvalue weighted by Gasteiger charge is -2.11. The molecule has 2 aromatic carbocycles. The third-order valence-corrected chi connectivity index (χ3v) is 4.64. The summed E-state index contributed by atoms with van der Waals surface area (Å²) >= 11 is 3.32. The number of hydrogen-bond donors (Lipinski definition) is 0. The van der Waals surface area contributed by atoms with Gasteiger partial charge in [-0.25, -0.2) is 4.39 Å². The maximum atomic E-state index is 13.1. The highest BCUT2D eigenvalue weighted by Crippen LogP contribution is 2.34. The van der Waals surface area contributed by atoms with Gasteiger partial charge in [0.05, 0.1) is 0 Å². The zero-order valence-electron chi connectivity index (χ0n) is 10.9. The summed E-state index contributed by atoms with van der Waals surface area (Å²) in [6.07, 6.45) is 2.20. The van der Waals surface area contributed by atoms with Crippen molar-refractivity contribution in [2.45, 2.75) is 25.2 Å². The maximum Gasteiger partial charge on any atom is 0.144 e. The Balaban J connectivity index is 1.81. The molecule has 1 aliphatic rings. The summed E-state index contributed by atoms with van der Waals surface area (Å²) in [5.41, 5.74) is 3.29. The fraction of sp³-hybridized carbons (Fsp3) is 0.235. The van der Waals surface area contributed by atoms with E-state index in [1.54, 1.807) is 6.07 Å². The molecule has 0 aromatic heterocycles. The largest absolute Gasteiger partial charge is 0.299 e. The van der Waals surface area contributed by atoms with Gasteiger partial charge in [0.2, 0.25) is 0 Å². The molecular weight excluding hydrogens is 319 g/mol. The van der Waals surface area contributed by atoms with Crippen molar-refractivity contribution >= 4 is 21.7 Å². The van der Waals surface area contributed by atoms with Crippen LogP contribution in [-0.2, 0) is 17.6 Å². The molecular formula is C17H14BrFO. The zero-order chi connectivity index (χ0) is 14.1. The quantitative estimate of drug-likeness (QED) is 0.812. The Morgan fingerprint density at radius 2 is 2.05 bits per heavy atom. The van der Waals surface area contributed by atoms with Gasteiger partial charge < -0.3 is 0 Å². The molecule has 1 unspecified atom stereocenters. The van der Waals surface area contributed by atoms with E-state index in [2.05, 4.69) is 22.0 Å². The molecule has 0 radical (unpaired) electrons. The molecule has 102 valence electrons. The molecule has 1 nitrogen and oxygen atoms in total. The van der Waals surface area contributed by atoms with Gasteiger partial charge >= 0.3 is 0 Å². The molecule has 0 saturated heterocycles. The summed E-state index contributed by atoms with van der Waals surface area (Å²) in [6, 6.07) is 12.6. The zero-order valence-corrected chi connectivity index (χ0v) is 12.5. The molecule has 2 aromatic rings. The second kappa shape index (κ2) is 5.49. The summed E-state index contributed by atoms with van der Waals surface area (Å²) in [6.45, 7) is 0. The summed E-state index contributed by atoms with van der Waals surface area (Å²) in [7, 11) is 0. The van der Waals surface area contributed by atoms with E-state index in [4.69, 9.17) is 0 Å². The number of Topliss-reactive ketones (excluding diaryl/α,β-unsaturated/α-hetero) is 1. The molecule has 0 amide bonds. The van der Waals surface area contributed by atoms with E-state index in [0.717, 1.165) is 24.0 Å². The average Bonchev–Trinajstić information content (AvgIpc) is 2.86. The van der Waals surface area contributed by atoms with Gasteiger partial charge in [-0.05, 0) is 41.7 Å². The molecule has 3 heteroatoms. The normalized spacial score (nSPS) is 17.0. The van der Waals surface area contributed by atoms with E-state index in [1.165, 1.54) is 17.7 Å². The van der Waals surface area contributed by atoms with Gasteiger partial charge in [-0.15, -0.1) is 0 Å². The van der Waals surface area contributed by atoms with Crippen molar-refractivity contribution in [1.82, 2.24) is 0 Å². The molecule has 0 bridgehead atoms. The molecule has 1 aliphatic carbocycles. The molecule has 0 aliphatic heterocycles. The van der Waals surface area contributed by atoms with Crippen LogP contribution in [0.5, 0.6) is 0 Å². The van der Waals surface area contributed by atoms with E-state index in [0.29, 0.717) is 10.9 Å². The first-order valence-electron chi connectivity index (χ1n) is 6.69. The van der Waals surface area contributed by atoms with Gasteiger partial charge in [0.1, 0.15) is 11.6 Å². The molecule has 0 spiro atoms. The topological polar surface area (TPSA) is 17.1 Å². The van der Waals surface area contributed by atoms with Gasteiger partial charge in [-0.3, -0.25) is 4.79 Å². The second-order valence-electron chi connectivity index (χ2n) is 5.17. The average molecular weight is 333 g/mol. The predicted octanol–water partition coefficient (Wildman–Crippen LogP) is 4.43. The number of aryl methyl sites for hydroxylation is 1. The molecule has 0 N–H and O–H groups in total. The van der Waals surface area contributed by atoms with Crippen LogP contribution in [0.25, 0.3) is 0 Å². The van der Waals surface area contributed by atoms with Crippen molar-refractivity contribution in [3.63, 3.8) is 0 Å². The number of rotatable bonds is 3. The first-order chi connectivity index (χ1) is 9.65. The van der Waals surface area contributed by atoms with Crippen molar-refractivity contribution in [2.75, 3.05) is 0 Å². The fourth-order valence-electron chi connectivity index (χ4n) is 2.87. The van der Waals surface area contributed by atoms with Crippen LogP contribution in [0.3, 0.4) is 0 Å². The van der Waals surface area contributed by atoms with Gasteiger partial charge in [0, 0.05) is 16.8 Å². The highest BCUT2D eigenvalue weighted by molar-refractivity contribution is 9.10. The Morgan fingerprint density at radius 3 is 2.85 bits per heavy atom. The van der Waals surface area contributed by atoms with Crippen molar-refractivity contribution in [3.8, 4) is 0 Å². The number of halogens is 2. The Bertz CT molecular complexity index is 666. The van der Waals surface area contributed by atoms with Crippen LogP contribution in [0.1, 0.15) is 29.0 Å². The Morgan fingerprint density at radius 1 is 1.25 bits per heavy atom. The van der Waals surface area contributed by atoms with Crippen LogP contribution in [0.2, 0.25) is 0 Å². The standard InChI is InChI=1S/C17H14BrFO/c18-16-10-13(19)7-5-12(16)9-17(20)15-8-6-11-3-1-2-4-14(11)15/h1-5,7,10,15H,6,8-9H2.